The van der Waals surface area contributed by atoms with Crippen LogP contribution in [0.3, 0.4) is 0 Å². The maximum Gasteiger partial charge on any atom is 0.222 e. The summed E-state index contributed by atoms with van der Waals surface area (Å²) < 4.78 is 22.7. The van der Waals surface area contributed by atoms with E-state index >= 15 is 0 Å². The van der Waals surface area contributed by atoms with Gasteiger partial charge in [0.1, 0.15) is 0 Å². The van der Waals surface area contributed by atoms with E-state index in [4.69, 9.17) is 0 Å². The summed E-state index contributed by atoms with van der Waals surface area (Å²) in [6, 6.07) is 0.421. The van der Waals surface area contributed by atoms with Crippen LogP contribution in [-0.2, 0) is 14.6 Å². The van der Waals surface area contributed by atoms with Crippen molar-refractivity contribution in [2.45, 2.75) is 51.5 Å². The van der Waals surface area contributed by atoms with Crippen molar-refractivity contribution in [2.75, 3.05) is 18.1 Å². The molecule has 0 aromatic heterocycles. The molecule has 4 nitrogen and oxygen atoms in total. The van der Waals surface area contributed by atoms with Crippen LogP contribution in [0.4, 0.5) is 0 Å². The highest BCUT2D eigenvalue weighted by atomic mass is 32.2. The maximum atomic E-state index is 12.1. The van der Waals surface area contributed by atoms with Gasteiger partial charge in [-0.15, -0.1) is 0 Å². The van der Waals surface area contributed by atoms with Crippen LogP contribution >= 0.6 is 0 Å². The molecule has 2 fully saturated rings. The molecule has 2 atom stereocenters. The van der Waals surface area contributed by atoms with Crippen LogP contribution < -0.4 is 0 Å². The largest absolute Gasteiger partial charge is 0.340 e. The molecular formula is C13H23NO3S. The Balaban J connectivity index is 1.78. The molecular weight excluding hydrogens is 250 g/mol. The number of nitrogens with zero attached hydrogens (tertiary/aromatic N) is 1. The van der Waals surface area contributed by atoms with Crippen LogP contribution in [0.1, 0.15) is 45.4 Å². The van der Waals surface area contributed by atoms with Crippen LogP contribution in [0.5, 0.6) is 0 Å². The lowest BCUT2D eigenvalue weighted by Gasteiger charge is -2.24. The van der Waals surface area contributed by atoms with Gasteiger partial charge < -0.3 is 4.90 Å². The second kappa shape index (κ2) is 5.59. The molecule has 104 valence electrons. The maximum absolute atomic E-state index is 12.1. The summed E-state index contributed by atoms with van der Waals surface area (Å²) in [5, 5.41) is 0. The van der Waals surface area contributed by atoms with Crippen LogP contribution in [0.15, 0.2) is 0 Å². The number of rotatable bonds is 4. The molecule has 0 aliphatic carbocycles. The molecule has 2 unspecified atom stereocenters. The molecule has 0 spiro atoms. The Labute approximate surface area is 110 Å². The summed E-state index contributed by atoms with van der Waals surface area (Å²) in [7, 11) is -2.80. The van der Waals surface area contributed by atoms with Crippen LogP contribution in [0, 0.1) is 5.92 Å². The molecule has 2 heterocycles. The molecule has 1 amide bonds. The second-order valence-electron chi connectivity index (χ2n) is 5.60. The van der Waals surface area contributed by atoms with Gasteiger partial charge in [-0.3, -0.25) is 4.79 Å². The lowest BCUT2D eigenvalue weighted by Crippen LogP contribution is -2.35. The van der Waals surface area contributed by atoms with Crippen LogP contribution in [-0.4, -0.2) is 43.3 Å². The van der Waals surface area contributed by atoms with E-state index in [9.17, 15) is 13.2 Å². The van der Waals surface area contributed by atoms with Gasteiger partial charge >= 0.3 is 0 Å². The van der Waals surface area contributed by atoms with Crippen LogP contribution in [0.25, 0.3) is 0 Å². The number of amides is 1. The minimum Gasteiger partial charge on any atom is -0.340 e. The summed E-state index contributed by atoms with van der Waals surface area (Å²) in [6.07, 6.45) is 5.28. The first kappa shape index (κ1) is 13.8. The molecule has 0 aromatic rings. The smallest absolute Gasteiger partial charge is 0.222 e. The molecule has 2 saturated heterocycles. The topological polar surface area (TPSA) is 54.5 Å². The number of hydrogen-bond donors (Lipinski definition) is 0. The van der Waals surface area contributed by atoms with E-state index in [1.807, 2.05) is 4.90 Å². The highest BCUT2D eigenvalue weighted by Crippen LogP contribution is 2.25. The predicted molar refractivity (Wildman–Crippen MR) is 71.0 cm³/mol. The van der Waals surface area contributed by atoms with Crippen molar-refractivity contribution in [3.8, 4) is 0 Å². The van der Waals surface area contributed by atoms with E-state index in [0.29, 0.717) is 18.2 Å². The molecule has 0 N–H and O–H groups in total. The highest BCUT2D eigenvalue weighted by Gasteiger charge is 2.30. The van der Waals surface area contributed by atoms with Gasteiger partial charge in [-0.2, -0.15) is 0 Å². The van der Waals surface area contributed by atoms with Crippen molar-refractivity contribution in [1.29, 1.82) is 0 Å². The number of sulfone groups is 1. The fourth-order valence-electron chi connectivity index (χ4n) is 3.16. The van der Waals surface area contributed by atoms with Crippen molar-refractivity contribution in [3.05, 3.63) is 0 Å². The molecule has 0 bridgehead atoms. The summed E-state index contributed by atoms with van der Waals surface area (Å²) in [6.45, 7) is 3.01. The van der Waals surface area contributed by atoms with Gasteiger partial charge in [-0.1, -0.05) is 6.92 Å². The number of likely N-dealkylation sites (tertiary alicyclic amines) is 1. The fraction of sp³-hybridized carbons (Fsp3) is 0.923. The first-order valence-electron chi connectivity index (χ1n) is 7.01. The summed E-state index contributed by atoms with van der Waals surface area (Å²) in [5.74, 6) is 1.04. The van der Waals surface area contributed by atoms with Gasteiger partial charge in [0.25, 0.3) is 0 Å². The van der Waals surface area contributed by atoms with Crippen molar-refractivity contribution < 1.29 is 13.2 Å². The van der Waals surface area contributed by atoms with Crippen molar-refractivity contribution >= 4 is 15.7 Å². The quantitative estimate of drug-likeness (QED) is 0.782. The number of carbonyl (C=O) groups is 1. The average molecular weight is 273 g/mol. The standard InChI is InChI=1S/C13H23NO3S/c1-2-12-4-3-8-14(12)13(15)6-5-11-7-9-18(16,17)10-11/h11-12H,2-10H2,1H3. The predicted octanol–water partition coefficient (Wildman–Crippen LogP) is 1.60. The minimum absolute atomic E-state index is 0.210. The summed E-state index contributed by atoms with van der Waals surface area (Å²) in [5.41, 5.74) is 0. The molecule has 0 radical (unpaired) electrons. The molecule has 2 aliphatic heterocycles. The zero-order chi connectivity index (χ0) is 13.2. The lowest BCUT2D eigenvalue weighted by molar-refractivity contribution is -0.132. The number of hydrogen-bond acceptors (Lipinski definition) is 3. The SMILES string of the molecule is CCC1CCCN1C(=O)CCC1CCS(=O)(=O)C1. The summed E-state index contributed by atoms with van der Waals surface area (Å²) in [4.78, 5) is 14.1. The van der Waals surface area contributed by atoms with Crippen LogP contribution in [0.2, 0.25) is 0 Å². The Kier molecular flexibility index (Phi) is 4.30. The van der Waals surface area contributed by atoms with E-state index in [1.54, 1.807) is 0 Å². The Morgan fingerprint density at radius 3 is 2.72 bits per heavy atom. The zero-order valence-electron chi connectivity index (χ0n) is 11.1. The van der Waals surface area contributed by atoms with Gasteiger partial charge in [0, 0.05) is 19.0 Å². The summed E-state index contributed by atoms with van der Waals surface area (Å²) >= 11 is 0. The monoisotopic (exact) mass is 273 g/mol. The van der Waals surface area contributed by atoms with Gasteiger partial charge in [0.2, 0.25) is 5.91 Å². The Bertz CT molecular complexity index is 404. The third-order valence-electron chi connectivity index (χ3n) is 4.26. The Morgan fingerprint density at radius 2 is 2.11 bits per heavy atom. The molecule has 0 aromatic carbocycles. The molecule has 0 saturated carbocycles. The first-order valence-corrected chi connectivity index (χ1v) is 8.84. The van der Waals surface area contributed by atoms with Gasteiger partial charge in [0.05, 0.1) is 11.5 Å². The molecule has 18 heavy (non-hydrogen) atoms. The minimum atomic E-state index is -2.80. The lowest BCUT2D eigenvalue weighted by atomic mass is 10.0. The molecule has 2 rings (SSSR count). The first-order chi connectivity index (χ1) is 8.52. The fourth-order valence-corrected chi connectivity index (χ4v) is 5.07. The third-order valence-corrected chi connectivity index (χ3v) is 6.10. The molecule has 2 aliphatic rings. The van der Waals surface area contributed by atoms with Gasteiger partial charge in [-0.05, 0) is 38.0 Å². The van der Waals surface area contributed by atoms with Crippen molar-refractivity contribution in [1.82, 2.24) is 4.90 Å². The van der Waals surface area contributed by atoms with E-state index in [0.717, 1.165) is 38.6 Å². The van der Waals surface area contributed by atoms with E-state index in [-0.39, 0.29) is 17.6 Å². The molecule has 5 heteroatoms. The normalized spacial score (nSPS) is 30.8. The third kappa shape index (κ3) is 3.25. The van der Waals surface area contributed by atoms with Crippen molar-refractivity contribution in [2.24, 2.45) is 5.92 Å². The van der Waals surface area contributed by atoms with E-state index in [2.05, 4.69) is 6.92 Å². The average Bonchev–Trinajstić information content (AvgIpc) is 2.92. The second-order valence-corrected chi connectivity index (χ2v) is 7.83. The highest BCUT2D eigenvalue weighted by molar-refractivity contribution is 7.91. The van der Waals surface area contributed by atoms with Crippen molar-refractivity contribution in [3.63, 3.8) is 0 Å². The number of carbonyl (C=O) groups excluding carboxylic acids is 1. The Morgan fingerprint density at radius 1 is 1.33 bits per heavy atom. The van der Waals surface area contributed by atoms with E-state index in [1.165, 1.54) is 0 Å². The van der Waals surface area contributed by atoms with Gasteiger partial charge in [-0.25, -0.2) is 8.42 Å². The van der Waals surface area contributed by atoms with E-state index < -0.39 is 9.84 Å². The Hall–Kier alpha value is -0.580. The van der Waals surface area contributed by atoms with Gasteiger partial charge in [0.15, 0.2) is 9.84 Å². The zero-order valence-corrected chi connectivity index (χ0v) is 11.9.